The lowest BCUT2D eigenvalue weighted by molar-refractivity contribution is -0.140. The number of carbonyl (C=O) groups is 1. The number of pyridine rings is 1. The molecule has 1 aromatic rings. The van der Waals surface area contributed by atoms with Crippen LogP contribution in [0.4, 0.5) is 0 Å². The molecule has 1 aromatic heterocycles. The fourth-order valence-corrected chi connectivity index (χ4v) is 2.37. The monoisotopic (exact) mass is 220 g/mol. The third kappa shape index (κ3) is 2.22. The lowest BCUT2D eigenvalue weighted by Gasteiger charge is -2.18. The van der Waals surface area contributed by atoms with E-state index < -0.39 is 11.9 Å². The van der Waals surface area contributed by atoms with Crippen LogP contribution in [0.3, 0.4) is 0 Å². The van der Waals surface area contributed by atoms with Crippen LogP contribution in [-0.4, -0.2) is 41.1 Å². The average Bonchev–Trinajstić information content (AvgIpc) is 2.66. The Morgan fingerprint density at radius 2 is 2.44 bits per heavy atom. The zero-order chi connectivity index (χ0) is 11.5. The molecule has 16 heavy (non-hydrogen) atoms. The zero-order valence-corrected chi connectivity index (χ0v) is 9.34. The van der Waals surface area contributed by atoms with Gasteiger partial charge in [0, 0.05) is 12.7 Å². The number of hydrogen-bond acceptors (Lipinski definition) is 3. The third-order valence-electron chi connectivity index (χ3n) is 3.17. The highest BCUT2D eigenvalue weighted by atomic mass is 16.4. The molecule has 2 atom stereocenters. The van der Waals surface area contributed by atoms with Crippen molar-refractivity contribution < 1.29 is 9.90 Å². The first kappa shape index (κ1) is 11.1. The van der Waals surface area contributed by atoms with E-state index in [0.717, 1.165) is 19.5 Å². The third-order valence-corrected chi connectivity index (χ3v) is 3.17. The Hall–Kier alpha value is -1.42. The van der Waals surface area contributed by atoms with Gasteiger partial charge in [-0.1, -0.05) is 6.07 Å². The second-order valence-electron chi connectivity index (χ2n) is 4.38. The van der Waals surface area contributed by atoms with E-state index in [0.29, 0.717) is 5.69 Å². The van der Waals surface area contributed by atoms with Crippen molar-refractivity contribution >= 4 is 5.97 Å². The van der Waals surface area contributed by atoms with Crippen LogP contribution in [0, 0.1) is 5.92 Å². The highest BCUT2D eigenvalue weighted by Gasteiger charge is 2.34. The minimum absolute atomic E-state index is 0.178. The SMILES string of the molecule is CN1CCC(C(C(=O)O)c2ccccn2)C1. The Balaban J connectivity index is 2.21. The normalized spacial score (nSPS) is 23.2. The van der Waals surface area contributed by atoms with Gasteiger partial charge in [0.25, 0.3) is 0 Å². The van der Waals surface area contributed by atoms with Crippen molar-refractivity contribution in [2.75, 3.05) is 20.1 Å². The summed E-state index contributed by atoms with van der Waals surface area (Å²) in [6.07, 6.45) is 2.59. The van der Waals surface area contributed by atoms with Gasteiger partial charge in [-0.3, -0.25) is 9.78 Å². The second kappa shape index (κ2) is 4.61. The van der Waals surface area contributed by atoms with Gasteiger partial charge in [0.05, 0.1) is 5.69 Å². The molecule has 0 amide bonds. The molecule has 0 bridgehead atoms. The van der Waals surface area contributed by atoms with Gasteiger partial charge in [0.2, 0.25) is 0 Å². The van der Waals surface area contributed by atoms with Crippen LogP contribution in [-0.2, 0) is 4.79 Å². The fourth-order valence-electron chi connectivity index (χ4n) is 2.37. The highest BCUT2D eigenvalue weighted by Crippen LogP contribution is 2.30. The molecule has 2 rings (SSSR count). The quantitative estimate of drug-likeness (QED) is 0.831. The van der Waals surface area contributed by atoms with Crippen molar-refractivity contribution in [1.29, 1.82) is 0 Å². The van der Waals surface area contributed by atoms with Gasteiger partial charge >= 0.3 is 5.97 Å². The maximum absolute atomic E-state index is 11.3. The summed E-state index contributed by atoms with van der Waals surface area (Å²) in [4.78, 5) is 17.7. The maximum Gasteiger partial charge on any atom is 0.312 e. The number of carboxylic acids is 1. The Morgan fingerprint density at radius 1 is 1.62 bits per heavy atom. The summed E-state index contributed by atoms with van der Waals surface area (Å²) in [5, 5.41) is 9.31. The van der Waals surface area contributed by atoms with Crippen LogP contribution < -0.4 is 0 Å². The van der Waals surface area contributed by atoms with Crippen molar-refractivity contribution in [2.24, 2.45) is 5.92 Å². The van der Waals surface area contributed by atoms with Crippen molar-refractivity contribution in [3.8, 4) is 0 Å². The molecule has 1 aliphatic heterocycles. The summed E-state index contributed by atoms with van der Waals surface area (Å²) in [6, 6.07) is 5.46. The summed E-state index contributed by atoms with van der Waals surface area (Å²) in [6.45, 7) is 1.81. The van der Waals surface area contributed by atoms with E-state index in [1.807, 2.05) is 19.2 Å². The second-order valence-corrected chi connectivity index (χ2v) is 4.38. The first-order valence-electron chi connectivity index (χ1n) is 5.51. The molecule has 0 saturated carbocycles. The van der Waals surface area contributed by atoms with Crippen LogP contribution in [0.15, 0.2) is 24.4 Å². The number of carboxylic acid groups (broad SMARTS) is 1. The van der Waals surface area contributed by atoms with Crippen molar-refractivity contribution in [3.05, 3.63) is 30.1 Å². The Kier molecular flexibility index (Phi) is 3.19. The average molecular weight is 220 g/mol. The van der Waals surface area contributed by atoms with E-state index in [1.54, 1.807) is 12.3 Å². The molecule has 86 valence electrons. The van der Waals surface area contributed by atoms with Crippen molar-refractivity contribution in [2.45, 2.75) is 12.3 Å². The molecule has 2 heterocycles. The zero-order valence-electron chi connectivity index (χ0n) is 9.34. The first-order chi connectivity index (χ1) is 7.68. The minimum Gasteiger partial charge on any atom is -0.481 e. The number of rotatable bonds is 3. The summed E-state index contributed by atoms with van der Waals surface area (Å²) < 4.78 is 0. The summed E-state index contributed by atoms with van der Waals surface area (Å²) in [7, 11) is 2.03. The first-order valence-corrected chi connectivity index (χ1v) is 5.51. The number of likely N-dealkylation sites (tertiary alicyclic amines) is 1. The molecule has 0 radical (unpaired) electrons. The predicted octanol–water partition coefficient (Wildman–Crippen LogP) is 1.20. The van der Waals surface area contributed by atoms with Crippen LogP contribution in [0.5, 0.6) is 0 Å². The molecule has 1 N–H and O–H groups in total. The largest absolute Gasteiger partial charge is 0.481 e. The molecule has 0 spiro atoms. The molecular weight excluding hydrogens is 204 g/mol. The number of nitrogens with zero attached hydrogens (tertiary/aromatic N) is 2. The number of aromatic nitrogens is 1. The van der Waals surface area contributed by atoms with Gasteiger partial charge in [-0.15, -0.1) is 0 Å². The van der Waals surface area contributed by atoms with Crippen LogP contribution in [0.25, 0.3) is 0 Å². The van der Waals surface area contributed by atoms with E-state index in [2.05, 4.69) is 9.88 Å². The molecular formula is C12H16N2O2. The van der Waals surface area contributed by atoms with Crippen LogP contribution in [0.2, 0.25) is 0 Å². The molecule has 0 aromatic carbocycles. The number of hydrogen-bond donors (Lipinski definition) is 1. The van der Waals surface area contributed by atoms with E-state index >= 15 is 0 Å². The van der Waals surface area contributed by atoms with Gasteiger partial charge < -0.3 is 10.0 Å². The number of aliphatic carboxylic acids is 1. The Labute approximate surface area is 94.9 Å². The predicted molar refractivity (Wildman–Crippen MR) is 60.2 cm³/mol. The molecule has 1 fully saturated rings. The van der Waals surface area contributed by atoms with E-state index in [1.165, 1.54) is 0 Å². The van der Waals surface area contributed by atoms with Crippen LogP contribution >= 0.6 is 0 Å². The van der Waals surface area contributed by atoms with Gasteiger partial charge in [0.15, 0.2) is 0 Å². The lowest BCUT2D eigenvalue weighted by Crippen LogP contribution is -2.25. The minimum atomic E-state index is -0.765. The Bertz CT molecular complexity index is 367. The van der Waals surface area contributed by atoms with Gasteiger partial charge in [-0.05, 0) is 38.1 Å². The molecule has 4 nitrogen and oxygen atoms in total. The molecule has 4 heteroatoms. The lowest BCUT2D eigenvalue weighted by atomic mass is 9.88. The summed E-state index contributed by atoms with van der Waals surface area (Å²) in [5.74, 6) is -1.05. The summed E-state index contributed by atoms with van der Waals surface area (Å²) >= 11 is 0. The molecule has 2 unspecified atom stereocenters. The van der Waals surface area contributed by atoms with Crippen molar-refractivity contribution in [1.82, 2.24) is 9.88 Å². The summed E-state index contributed by atoms with van der Waals surface area (Å²) in [5.41, 5.74) is 0.676. The van der Waals surface area contributed by atoms with E-state index in [-0.39, 0.29) is 5.92 Å². The van der Waals surface area contributed by atoms with Crippen LogP contribution in [0.1, 0.15) is 18.0 Å². The highest BCUT2D eigenvalue weighted by molar-refractivity contribution is 5.75. The standard InChI is InChI=1S/C12H16N2O2/c1-14-7-5-9(8-14)11(12(15)16)10-4-2-3-6-13-10/h2-4,6,9,11H,5,7-8H2,1H3,(H,15,16). The van der Waals surface area contributed by atoms with Gasteiger partial charge in [-0.25, -0.2) is 0 Å². The maximum atomic E-state index is 11.3. The Morgan fingerprint density at radius 3 is 2.94 bits per heavy atom. The molecule has 0 aliphatic carbocycles. The molecule has 1 aliphatic rings. The smallest absolute Gasteiger partial charge is 0.312 e. The van der Waals surface area contributed by atoms with E-state index in [4.69, 9.17) is 0 Å². The fraction of sp³-hybridized carbons (Fsp3) is 0.500. The van der Waals surface area contributed by atoms with Gasteiger partial charge in [0.1, 0.15) is 5.92 Å². The molecule has 1 saturated heterocycles. The van der Waals surface area contributed by atoms with E-state index in [9.17, 15) is 9.90 Å². The topological polar surface area (TPSA) is 53.4 Å². The van der Waals surface area contributed by atoms with Gasteiger partial charge in [-0.2, -0.15) is 0 Å². The van der Waals surface area contributed by atoms with Crippen molar-refractivity contribution in [3.63, 3.8) is 0 Å².